The minimum Gasteiger partial charge on any atom is -0.493 e. The molecule has 0 aromatic heterocycles. The van der Waals surface area contributed by atoms with Gasteiger partial charge in [-0.05, 0) is 12.5 Å². The third kappa shape index (κ3) is 1.68. The lowest BCUT2D eigenvalue weighted by molar-refractivity contribution is 0.239. The van der Waals surface area contributed by atoms with Crippen molar-refractivity contribution in [3.05, 3.63) is 29.8 Å². The predicted octanol–water partition coefficient (Wildman–Crippen LogP) is 2.86. The van der Waals surface area contributed by atoms with Gasteiger partial charge in [0.1, 0.15) is 5.75 Å². The van der Waals surface area contributed by atoms with Crippen LogP contribution >= 0.6 is 11.6 Å². The van der Waals surface area contributed by atoms with Crippen LogP contribution in [0.4, 0.5) is 0 Å². The number of fused-ring (bicyclic) bond motifs is 1. The standard InChI is InChI=1S/C12H12ClNO/c13-7-5-12(9-14)6-8-15-11-4-2-1-3-10(11)12/h1-4H,5-8H2. The summed E-state index contributed by atoms with van der Waals surface area (Å²) < 4.78 is 5.53. The van der Waals surface area contributed by atoms with Gasteiger partial charge in [0.25, 0.3) is 0 Å². The van der Waals surface area contributed by atoms with Crippen LogP contribution in [0.15, 0.2) is 24.3 Å². The average molecular weight is 222 g/mol. The zero-order chi connectivity index (χ0) is 10.7. The Labute approximate surface area is 94.4 Å². The van der Waals surface area contributed by atoms with Crippen molar-refractivity contribution in [2.75, 3.05) is 12.5 Å². The Kier molecular flexibility index (Phi) is 2.83. The fraction of sp³-hybridized carbons (Fsp3) is 0.417. The number of para-hydroxylation sites is 1. The third-order valence-corrected chi connectivity index (χ3v) is 3.11. The van der Waals surface area contributed by atoms with Crippen LogP contribution in [0.1, 0.15) is 18.4 Å². The van der Waals surface area contributed by atoms with Gasteiger partial charge in [-0.1, -0.05) is 18.2 Å². The smallest absolute Gasteiger partial charge is 0.124 e. The highest BCUT2D eigenvalue weighted by Crippen LogP contribution is 2.40. The van der Waals surface area contributed by atoms with Crippen LogP contribution in [0, 0.1) is 11.3 Å². The van der Waals surface area contributed by atoms with E-state index >= 15 is 0 Å². The molecule has 1 aliphatic rings. The van der Waals surface area contributed by atoms with Gasteiger partial charge in [0.15, 0.2) is 0 Å². The van der Waals surface area contributed by atoms with Crippen molar-refractivity contribution in [1.29, 1.82) is 5.26 Å². The maximum atomic E-state index is 9.36. The molecule has 0 amide bonds. The molecule has 0 spiro atoms. The quantitative estimate of drug-likeness (QED) is 0.720. The number of hydrogen-bond acceptors (Lipinski definition) is 2. The Morgan fingerprint density at radius 1 is 1.47 bits per heavy atom. The first-order chi connectivity index (χ1) is 7.32. The van der Waals surface area contributed by atoms with Gasteiger partial charge in [0, 0.05) is 17.9 Å². The van der Waals surface area contributed by atoms with Crippen LogP contribution in [-0.4, -0.2) is 12.5 Å². The van der Waals surface area contributed by atoms with E-state index in [1.807, 2.05) is 24.3 Å². The van der Waals surface area contributed by atoms with Crippen molar-refractivity contribution >= 4 is 11.6 Å². The largest absolute Gasteiger partial charge is 0.493 e. The van der Waals surface area contributed by atoms with Crippen LogP contribution in [0.5, 0.6) is 5.75 Å². The summed E-state index contributed by atoms with van der Waals surface area (Å²) in [5, 5.41) is 9.36. The van der Waals surface area contributed by atoms with Gasteiger partial charge < -0.3 is 4.74 Å². The van der Waals surface area contributed by atoms with Crippen molar-refractivity contribution < 1.29 is 4.74 Å². The number of nitrogens with zero attached hydrogens (tertiary/aromatic N) is 1. The lowest BCUT2D eigenvalue weighted by Gasteiger charge is -2.32. The summed E-state index contributed by atoms with van der Waals surface area (Å²) in [6.45, 7) is 0.599. The van der Waals surface area contributed by atoms with Gasteiger partial charge in [-0.3, -0.25) is 0 Å². The second kappa shape index (κ2) is 4.12. The summed E-state index contributed by atoms with van der Waals surface area (Å²) in [6.07, 6.45) is 1.42. The molecule has 15 heavy (non-hydrogen) atoms. The van der Waals surface area contributed by atoms with Crippen molar-refractivity contribution in [3.63, 3.8) is 0 Å². The lowest BCUT2D eigenvalue weighted by Crippen LogP contribution is -2.31. The number of halogens is 1. The second-order valence-electron chi connectivity index (χ2n) is 3.73. The molecular formula is C12H12ClNO. The third-order valence-electron chi connectivity index (χ3n) is 2.92. The summed E-state index contributed by atoms with van der Waals surface area (Å²) in [5.74, 6) is 1.33. The molecule has 2 nitrogen and oxygen atoms in total. The normalized spacial score (nSPS) is 23.7. The van der Waals surface area contributed by atoms with Crippen molar-refractivity contribution in [2.24, 2.45) is 0 Å². The number of rotatable bonds is 2. The van der Waals surface area contributed by atoms with Crippen molar-refractivity contribution in [3.8, 4) is 11.8 Å². The molecule has 1 heterocycles. The molecule has 3 heteroatoms. The molecule has 1 aromatic carbocycles. The summed E-state index contributed by atoms with van der Waals surface area (Å²) >= 11 is 5.78. The fourth-order valence-electron chi connectivity index (χ4n) is 2.05. The molecule has 0 saturated heterocycles. The summed E-state index contributed by atoms with van der Waals surface area (Å²) in [7, 11) is 0. The number of hydrogen-bond donors (Lipinski definition) is 0. The van der Waals surface area contributed by atoms with E-state index in [0.717, 1.165) is 17.7 Å². The summed E-state index contributed by atoms with van der Waals surface area (Å²) in [4.78, 5) is 0. The van der Waals surface area contributed by atoms with Crippen LogP contribution in [0.3, 0.4) is 0 Å². The first-order valence-corrected chi connectivity index (χ1v) is 5.55. The summed E-state index contributed by atoms with van der Waals surface area (Å²) in [5.41, 5.74) is 0.538. The molecule has 1 atom stereocenters. The van der Waals surface area contributed by atoms with Crippen LogP contribution < -0.4 is 4.74 Å². The molecule has 0 bridgehead atoms. The second-order valence-corrected chi connectivity index (χ2v) is 4.11. The Bertz CT molecular complexity index is 399. The van der Waals surface area contributed by atoms with E-state index in [9.17, 15) is 5.26 Å². The molecule has 2 rings (SSSR count). The average Bonchev–Trinajstić information content (AvgIpc) is 2.30. The SMILES string of the molecule is N#CC1(CCCl)CCOc2ccccc21. The molecule has 78 valence electrons. The number of ether oxygens (including phenoxy) is 1. The van der Waals surface area contributed by atoms with Gasteiger partial charge in [0.2, 0.25) is 0 Å². The van der Waals surface area contributed by atoms with Gasteiger partial charge in [-0.25, -0.2) is 0 Å². The van der Waals surface area contributed by atoms with Gasteiger partial charge in [-0.15, -0.1) is 11.6 Å². The topological polar surface area (TPSA) is 33.0 Å². The molecule has 1 aliphatic heterocycles. The van der Waals surface area contributed by atoms with Gasteiger partial charge in [-0.2, -0.15) is 5.26 Å². The van der Waals surface area contributed by atoms with E-state index in [4.69, 9.17) is 16.3 Å². The van der Waals surface area contributed by atoms with E-state index < -0.39 is 5.41 Å². The molecular weight excluding hydrogens is 210 g/mol. The molecule has 0 saturated carbocycles. The minimum absolute atomic E-state index is 0.448. The van der Waals surface area contributed by atoms with Crippen LogP contribution in [0.2, 0.25) is 0 Å². The Balaban J connectivity index is 2.48. The Morgan fingerprint density at radius 2 is 2.27 bits per heavy atom. The first-order valence-electron chi connectivity index (χ1n) is 5.02. The highest BCUT2D eigenvalue weighted by Gasteiger charge is 2.37. The maximum absolute atomic E-state index is 9.36. The van der Waals surface area contributed by atoms with E-state index in [-0.39, 0.29) is 0 Å². The Hall–Kier alpha value is -1.20. The molecule has 0 aliphatic carbocycles. The zero-order valence-corrected chi connectivity index (χ0v) is 9.13. The van der Waals surface area contributed by atoms with E-state index in [1.165, 1.54) is 0 Å². The highest BCUT2D eigenvalue weighted by atomic mass is 35.5. The molecule has 1 unspecified atom stereocenters. The van der Waals surface area contributed by atoms with Gasteiger partial charge in [0.05, 0.1) is 18.1 Å². The van der Waals surface area contributed by atoms with Crippen molar-refractivity contribution in [2.45, 2.75) is 18.3 Å². The van der Waals surface area contributed by atoms with Gasteiger partial charge >= 0.3 is 0 Å². The van der Waals surface area contributed by atoms with E-state index in [1.54, 1.807) is 0 Å². The maximum Gasteiger partial charge on any atom is 0.124 e. The fourth-order valence-corrected chi connectivity index (χ4v) is 2.37. The first kappa shape index (κ1) is 10.3. The lowest BCUT2D eigenvalue weighted by atomic mass is 9.75. The van der Waals surface area contributed by atoms with E-state index in [0.29, 0.717) is 18.9 Å². The number of nitriles is 1. The molecule has 0 radical (unpaired) electrons. The van der Waals surface area contributed by atoms with Crippen LogP contribution in [-0.2, 0) is 5.41 Å². The molecule has 0 fully saturated rings. The molecule has 0 N–H and O–H groups in total. The highest BCUT2D eigenvalue weighted by molar-refractivity contribution is 6.17. The predicted molar refractivity (Wildman–Crippen MR) is 59.2 cm³/mol. The van der Waals surface area contributed by atoms with E-state index in [2.05, 4.69) is 6.07 Å². The zero-order valence-electron chi connectivity index (χ0n) is 8.37. The minimum atomic E-state index is -0.448. The summed E-state index contributed by atoms with van der Waals surface area (Å²) in [6, 6.07) is 10.1. The monoisotopic (exact) mass is 221 g/mol. The number of alkyl halides is 1. The van der Waals surface area contributed by atoms with Crippen molar-refractivity contribution in [1.82, 2.24) is 0 Å². The molecule has 1 aromatic rings. The Morgan fingerprint density at radius 3 is 3.00 bits per heavy atom. The van der Waals surface area contributed by atoms with Crippen LogP contribution in [0.25, 0.3) is 0 Å². The number of benzene rings is 1.